The van der Waals surface area contributed by atoms with E-state index in [2.05, 4.69) is 52.0 Å². The Morgan fingerprint density at radius 1 is 0.829 bits per heavy atom. The highest BCUT2D eigenvalue weighted by molar-refractivity contribution is 9.09. The van der Waals surface area contributed by atoms with Crippen LogP contribution in [0.4, 0.5) is 0 Å². The van der Waals surface area contributed by atoms with Crippen LogP contribution in [0.5, 0.6) is 0 Å². The molecule has 4 aromatic rings. The highest BCUT2D eigenvalue weighted by Crippen LogP contribution is 2.11. The summed E-state index contributed by atoms with van der Waals surface area (Å²) < 4.78 is 0. The highest BCUT2D eigenvalue weighted by Gasteiger charge is 2.09. The van der Waals surface area contributed by atoms with Crippen LogP contribution in [0.25, 0.3) is 0 Å². The van der Waals surface area contributed by atoms with E-state index in [0.717, 1.165) is 0 Å². The second-order valence-corrected chi connectivity index (χ2v) is 8.29. The summed E-state index contributed by atoms with van der Waals surface area (Å²) in [5, 5.41) is 25.6. The molecule has 0 aliphatic carbocycles. The summed E-state index contributed by atoms with van der Waals surface area (Å²) in [4.78, 5) is 24.1. The van der Waals surface area contributed by atoms with Gasteiger partial charge in [0.15, 0.2) is 23.2 Å². The SMILES string of the molecule is ClCc1nn[nH]n1.O=C(CBr)c1ccc(Cl)cc1.O=C(Cn1nnc(CCl)n1)c1ccc(Cl)cc1. The maximum atomic E-state index is 11.8. The van der Waals surface area contributed by atoms with Gasteiger partial charge in [0.25, 0.3) is 0 Å². The van der Waals surface area contributed by atoms with Crippen molar-refractivity contribution in [1.29, 1.82) is 0 Å². The minimum absolute atomic E-state index is 0.0333. The number of aromatic amines is 1. The Bertz CT molecular complexity index is 1190. The van der Waals surface area contributed by atoms with E-state index in [9.17, 15) is 9.59 Å². The summed E-state index contributed by atoms with van der Waals surface area (Å²) in [5.74, 6) is 1.38. The van der Waals surface area contributed by atoms with Crippen molar-refractivity contribution in [3.8, 4) is 0 Å². The number of H-pyrrole nitrogens is 1. The number of benzene rings is 2. The summed E-state index contributed by atoms with van der Waals surface area (Å²) in [6.45, 7) is 0.0333. The summed E-state index contributed by atoms with van der Waals surface area (Å²) >= 11 is 25.3. The number of ketones is 2. The average Bonchev–Trinajstić information content (AvgIpc) is 3.57. The van der Waals surface area contributed by atoms with Gasteiger partial charge in [-0.25, -0.2) is 0 Å². The minimum atomic E-state index is -0.111. The van der Waals surface area contributed by atoms with Crippen LogP contribution < -0.4 is 0 Å². The maximum absolute atomic E-state index is 11.8. The third-order valence-corrected chi connectivity index (χ3v) is 5.35. The molecule has 0 aliphatic rings. The molecule has 4 rings (SSSR count). The predicted molar refractivity (Wildman–Crippen MR) is 136 cm³/mol. The molecule has 2 heterocycles. The van der Waals surface area contributed by atoms with Gasteiger partial charge < -0.3 is 0 Å². The fourth-order valence-electron chi connectivity index (χ4n) is 2.20. The van der Waals surface area contributed by atoms with E-state index >= 15 is 0 Å². The number of halogens is 5. The zero-order chi connectivity index (χ0) is 25.6. The van der Waals surface area contributed by atoms with Crippen LogP contribution >= 0.6 is 62.3 Å². The average molecular weight is 623 g/mol. The highest BCUT2D eigenvalue weighted by atomic mass is 79.9. The van der Waals surface area contributed by atoms with Crippen molar-refractivity contribution >= 4 is 73.9 Å². The van der Waals surface area contributed by atoms with E-state index in [1.54, 1.807) is 48.5 Å². The van der Waals surface area contributed by atoms with E-state index in [1.807, 2.05) is 0 Å². The van der Waals surface area contributed by atoms with Crippen molar-refractivity contribution in [1.82, 2.24) is 40.8 Å². The Morgan fingerprint density at radius 3 is 1.77 bits per heavy atom. The molecular formula is C20H17BrCl4N8O2. The van der Waals surface area contributed by atoms with E-state index in [4.69, 9.17) is 46.4 Å². The normalized spacial score (nSPS) is 9.97. The van der Waals surface area contributed by atoms with E-state index in [1.165, 1.54) is 4.80 Å². The molecule has 0 spiro atoms. The molecule has 184 valence electrons. The van der Waals surface area contributed by atoms with Crippen LogP contribution in [0.15, 0.2) is 48.5 Å². The first-order chi connectivity index (χ1) is 16.9. The fraction of sp³-hybridized carbons (Fsp3) is 0.200. The van der Waals surface area contributed by atoms with Gasteiger partial charge in [0.05, 0.1) is 17.1 Å². The number of Topliss-reactive ketones (excluding diaryl/α,β-unsaturated/α-hetero) is 2. The lowest BCUT2D eigenvalue weighted by molar-refractivity contribution is 0.0960. The van der Waals surface area contributed by atoms with Gasteiger partial charge >= 0.3 is 0 Å². The van der Waals surface area contributed by atoms with Crippen molar-refractivity contribution < 1.29 is 9.59 Å². The first kappa shape index (κ1) is 28.8. The lowest BCUT2D eigenvalue weighted by atomic mass is 10.1. The van der Waals surface area contributed by atoms with Gasteiger partial charge in [-0.1, -0.05) is 44.3 Å². The molecule has 2 aromatic carbocycles. The van der Waals surface area contributed by atoms with Gasteiger partial charge in [-0.3, -0.25) is 9.59 Å². The summed E-state index contributed by atoms with van der Waals surface area (Å²) in [6, 6.07) is 13.5. The number of carbonyl (C=O) groups excluding carboxylic acids is 2. The number of hydrogen-bond acceptors (Lipinski definition) is 8. The van der Waals surface area contributed by atoms with Crippen molar-refractivity contribution in [2.45, 2.75) is 18.3 Å². The number of nitrogens with one attached hydrogen (secondary N) is 1. The van der Waals surface area contributed by atoms with Crippen LogP contribution in [0.3, 0.4) is 0 Å². The molecule has 0 saturated carbocycles. The van der Waals surface area contributed by atoms with Crippen molar-refractivity contribution in [2.75, 3.05) is 5.33 Å². The zero-order valence-corrected chi connectivity index (χ0v) is 22.4. The first-order valence-electron chi connectivity index (χ1n) is 9.60. The minimum Gasteiger partial charge on any atom is -0.293 e. The smallest absolute Gasteiger partial charge is 0.189 e. The quantitative estimate of drug-likeness (QED) is 0.230. The lowest BCUT2D eigenvalue weighted by Crippen LogP contribution is -2.13. The van der Waals surface area contributed by atoms with Crippen LogP contribution in [0.1, 0.15) is 32.4 Å². The van der Waals surface area contributed by atoms with Crippen LogP contribution in [0.2, 0.25) is 10.0 Å². The second-order valence-electron chi connectivity index (χ2n) is 6.33. The van der Waals surface area contributed by atoms with Crippen LogP contribution in [-0.4, -0.2) is 57.7 Å². The second kappa shape index (κ2) is 15.5. The number of tetrazole rings is 2. The lowest BCUT2D eigenvalue weighted by Gasteiger charge is -1.99. The molecule has 0 atom stereocenters. The first-order valence-corrected chi connectivity index (χ1v) is 12.5. The Hall–Kier alpha value is -2.44. The predicted octanol–water partition coefficient (Wildman–Crippen LogP) is 4.80. The molecule has 2 aromatic heterocycles. The van der Waals surface area contributed by atoms with Crippen molar-refractivity contribution in [3.63, 3.8) is 0 Å². The maximum Gasteiger partial charge on any atom is 0.189 e. The standard InChI is InChI=1S/C10H8Cl2N4O.C8H6BrClO.C2H3ClN4/c11-5-10-13-15-16(14-10)6-9(17)7-1-3-8(12)4-2-7;9-5-8(11)6-1-3-7(10)4-2-6;3-1-2-4-6-7-5-2/h1-4H,5-6H2;1-4H,5H2;1H2,(H,4,5,6,7). The van der Waals surface area contributed by atoms with Crippen LogP contribution in [0, 0.1) is 0 Å². The van der Waals surface area contributed by atoms with Gasteiger partial charge in [0, 0.05) is 21.2 Å². The monoisotopic (exact) mass is 620 g/mol. The summed E-state index contributed by atoms with van der Waals surface area (Å²) in [7, 11) is 0. The third-order valence-electron chi connectivity index (χ3n) is 3.86. The molecule has 35 heavy (non-hydrogen) atoms. The molecule has 0 bridgehead atoms. The number of nitrogens with zero attached hydrogens (tertiary/aromatic N) is 7. The number of aromatic nitrogens is 8. The third kappa shape index (κ3) is 10.4. The summed E-state index contributed by atoms with van der Waals surface area (Å²) in [5.41, 5.74) is 1.24. The number of alkyl halides is 3. The van der Waals surface area contributed by atoms with Gasteiger partial charge in [-0.15, -0.1) is 43.6 Å². The Kier molecular flexibility index (Phi) is 12.8. The topological polar surface area (TPSA) is 132 Å². The molecule has 0 radical (unpaired) electrons. The largest absolute Gasteiger partial charge is 0.293 e. The Balaban J connectivity index is 0.000000205. The molecular weight excluding hydrogens is 606 g/mol. The molecule has 1 N–H and O–H groups in total. The van der Waals surface area contributed by atoms with Gasteiger partial charge in [0.1, 0.15) is 6.54 Å². The van der Waals surface area contributed by atoms with Gasteiger partial charge in [-0.05, 0) is 53.7 Å². The van der Waals surface area contributed by atoms with Crippen molar-refractivity contribution in [2.24, 2.45) is 0 Å². The molecule has 0 fully saturated rings. The number of carbonyl (C=O) groups is 2. The zero-order valence-electron chi connectivity index (χ0n) is 17.8. The Labute approximate surface area is 228 Å². The fourth-order valence-corrected chi connectivity index (χ4v) is 3.00. The van der Waals surface area contributed by atoms with E-state index in [0.29, 0.717) is 44.0 Å². The van der Waals surface area contributed by atoms with Gasteiger partial charge in [-0.2, -0.15) is 10.0 Å². The van der Waals surface area contributed by atoms with E-state index in [-0.39, 0.29) is 24.0 Å². The molecule has 0 unspecified atom stereocenters. The molecule has 15 heteroatoms. The van der Waals surface area contributed by atoms with Crippen LogP contribution in [-0.2, 0) is 18.3 Å². The van der Waals surface area contributed by atoms with Gasteiger partial charge in [0.2, 0.25) is 0 Å². The number of rotatable bonds is 7. The summed E-state index contributed by atoms with van der Waals surface area (Å²) in [6.07, 6.45) is 0. The molecule has 0 aliphatic heterocycles. The Morgan fingerprint density at radius 2 is 1.37 bits per heavy atom. The van der Waals surface area contributed by atoms with E-state index < -0.39 is 0 Å². The van der Waals surface area contributed by atoms with Crippen molar-refractivity contribution in [3.05, 3.63) is 81.4 Å². The molecule has 0 saturated heterocycles. The molecule has 0 amide bonds. The number of hydrogen-bond donors (Lipinski definition) is 1. The molecule has 10 nitrogen and oxygen atoms in total.